The van der Waals surface area contributed by atoms with Crippen LogP contribution in [-0.2, 0) is 4.79 Å². The lowest BCUT2D eigenvalue weighted by molar-refractivity contribution is -0.120. The molecule has 0 aliphatic heterocycles. The van der Waals surface area contributed by atoms with Gasteiger partial charge in [0.05, 0.1) is 11.4 Å². The Balaban J connectivity index is 2.77. The Kier molecular flexibility index (Phi) is 4.30. The van der Waals surface area contributed by atoms with Gasteiger partial charge in [-0.25, -0.2) is 4.98 Å². The van der Waals surface area contributed by atoms with Crippen LogP contribution in [0.15, 0.2) is 12.1 Å². The fourth-order valence-electron chi connectivity index (χ4n) is 1.21. The zero-order valence-corrected chi connectivity index (χ0v) is 10.8. The number of pyridine rings is 1. The van der Waals surface area contributed by atoms with Gasteiger partial charge in [-0.3, -0.25) is 4.79 Å². The van der Waals surface area contributed by atoms with Crippen LogP contribution in [-0.4, -0.2) is 10.9 Å². The van der Waals surface area contributed by atoms with Gasteiger partial charge in [-0.05, 0) is 25.0 Å². The number of aryl methyl sites for hydroxylation is 1. The molecular formula is C12H17ClN2O. The fraction of sp³-hybridized carbons (Fsp3) is 0.500. The van der Waals surface area contributed by atoms with Crippen LogP contribution in [0.2, 0.25) is 5.15 Å². The lowest BCUT2D eigenvalue weighted by Gasteiger charge is -2.16. The molecule has 1 atom stereocenters. The summed E-state index contributed by atoms with van der Waals surface area (Å²) in [4.78, 5) is 15.9. The summed E-state index contributed by atoms with van der Waals surface area (Å²) >= 11 is 5.74. The number of rotatable bonds is 3. The van der Waals surface area contributed by atoms with E-state index in [9.17, 15) is 4.79 Å². The first-order valence-corrected chi connectivity index (χ1v) is 5.73. The highest BCUT2D eigenvalue weighted by atomic mass is 35.5. The van der Waals surface area contributed by atoms with Gasteiger partial charge in [-0.1, -0.05) is 32.4 Å². The van der Waals surface area contributed by atoms with Gasteiger partial charge < -0.3 is 5.32 Å². The number of nitrogens with one attached hydrogen (secondary N) is 1. The molecule has 1 amide bonds. The monoisotopic (exact) mass is 240 g/mol. The van der Waals surface area contributed by atoms with Gasteiger partial charge in [0, 0.05) is 5.92 Å². The topological polar surface area (TPSA) is 42.0 Å². The lowest BCUT2D eigenvalue weighted by atomic mass is 9.97. The number of nitrogens with zero attached hydrogens (tertiary/aromatic N) is 1. The van der Waals surface area contributed by atoms with Gasteiger partial charge in [0.25, 0.3) is 0 Å². The van der Waals surface area contributed by atoms with Crippen LogP contribution in [0.5, 0.6) is 0 Å². The van der Waals surface area contributed by atoms with E-state index in [0.29, 0.717) is 11.1 Å². The number of halogens is 1. The van der Waals surface area contributed by atoms with Crippen LogP contribution in [0.1, 0.15) is 26.5 Å². The molecule has 16 heavy (non-hydrogen) atoms. The zero-order valence-electron chi connectivity index (χ0n) is 10.0. The minimum Gasteiger partial charge on any atom is -0.324 e. The van der Waals surface area contributed by atoms with Gasteiger partial charge in [-0.15, -0.1) is 0 Å². The van der Waals surface area contributed by atoms with Crippen molar-refractivity contribution < 1.29 is 4.79 Å². The quantitative estimate of drug-likeness (QED) is 0.824. The van der Waals surface area contributed by atoms with Gasteiger partial charge in [-0.2, -0.15) is 0 Å². The smallest absolute Gasteiger partial charge is 0.227 e. The van der Waals surface area contributed by atoms with Crippen molar-refractivity contribution in [2.24, 2.45) is 11.8 Å². The Labute approximate surface area is 101 Å². The highest BCUT2D eigenvalue weighted by Gasteiger charge is 2.17. The summed E-state index contributed by atoms with van der Waals surface area (Å²) in [5.74, 6) is 0.317. The van der Waals surface area contributed by atoms with Gasteiger partial charge >= 0.3 is 0 Å². The van der Waals surface area contributed by atoms with Crippen molar-refractivity contribution >= 4 is 23.2 Å². The Morgan fingerprint density at radius 2 is 2.00 bits per heavy atom. The molecule has 1 heterocycles. The molecule has 0 aromatic carbocycles. The van der Waals surface area contributed by atoms with Gasteiger partial charge in [0.1, 0.15) is 5.15 Å². The van der Waals surface area contributed by atoms with E-state index in [4.69, 9.17) is 11.6 Å². The third-order valence-electron chi connectivity index (χ3n) is 2.72. The Morgan fingerprint density at radius 3 is 2.50 bits per heavy atom. The summed E-state index contributed by atoms with van der Waals surface area (Å²) in [7, 11) is 0. The third-order valence-corrected chi connectivity index (χ3v) is 2.93. The van der Waals surface area contributed by atoms with Crippen molar-refractivity contribution in [3.05, 3.63) is 23.0 Å². The molecular weight excluding hydrogens is 224 g/mol. The van der Waals surface area contributed by atoms with Crippen LogP contribution in [0.4, 0.5) is 5.69 Å². The van der Waals surface area contributed by atoms with Crippen LogP contribution in [0, 0.1) is 18.8 Å². The molecule has 0 aliphatic carbocycles. The van der Waals surface area contributed by atoms with Crippen LogP contribution < -0.4 is 5.32 Å². The molecule has 0 saturated heterocycles. The van der Waals surface area contributed by atoms with Crippen molar-refractivity contribution in [1.82, 2.24) is 4.98 Å². The van der Waals surface area contributed by atoms with E-state index in [2.05, 4.69) is 10.3 Å². The highest BCUT2D eigenvalue weighted by molar-refractivity contribution is 6.29. The molecule has 0 fully saturated rings. The number of aromatic nitrogens is 1. The SMILES string of the molecule is Cc1nc(Cl)ccc1NC(=O)C(C)C(C)C. The van der Waals surface area contributed by atoms with E-state index >= 15 is 0 Å². The molecule has 1 aromatic heterocycles. The minimum absolute atomic E-state index is 0.0159. The molecule has 1 N–H and O–H groups in total. The largest absolute Gasteiger partial charge is 0.324 e. The highest BCUT2D eigenvalue weighted by Crippen LogP contribution is 2.18. The van der Waals surface area contributed by atoms with Crippen molar-refractivity contribution in [3.63, 3.8) is 0 Å². The summed E-state index contributed by atoms with van der Waals surface area (Å²) in [5, 5.41) is 3.30. The summed E-state index contributed by atoms with van der Waals surface area (Å²) < 4.78 is 0. The molecule has 4 heteroatoms. The Bertz CT molecular complexity index is 391. The van der Waals surface area contributed by atoms with E-state index in [1.807, 2.05) is 27.7 Å². The number of carbonyl (C=O) groups is 1. The summed E-state index contributed by atoms with van der Waals surface area (Å²) in [6.07, 6.45) is 0. The van der Waals surface area contributed by atoms with Crippen LogP contribution in [0.3, 0.4) is 0 Å². The molecule has 0 saturated carbocycles. The van der Waals surface area contributed by atoms with Crippen molar-refractivity contribution in [1.29, 1.82) is 0 Å². The number of carbonyl (C=O) groups excluding carboxylic acids is 1. The first-order chi connectivity index (χ1) is 7.41. The number of anilines is 1. The summed E-state index contributed by atoms with van der Waals surface area (Å²) in [6, 6.07) is 3.44. The lowest BCUT2D eigenvalue weighted by Crippen LogP contribution is -2.24. The molecule has 88 valence electrons. The van der Waals surface area contributed by atoms with Gasteiger partial charge in [0.2, 0.25) is 5.91 Å². The average molecular weight is 241 g/mol. The Hall–Kier alpha value is -1.09. The van der Waals surface area contributed by atoms with Crippen molar-refractivity contribution in [3.8, 4) is 0 Å². The standard InChI is InChI=1S/C12H17ClN2O/c1-7(2)8(3)12(16)15-10-5-6-11(13)14-9(10)4/h5-8H,1-4H3,(H,15,16). The van der Waals surface area contributed by atoms with E-state index in [-0.39, 0.29) is 11.8 Å². The third kappa shape index (κ3) is 3.20. The second-order valence-electron chi connectivity index (χ2n) is 4.29. The first-order valence-electron chi connectivity index (χ1n) is 5.36. The zero-order chi connectivity index (χ0) is 12.3. The van der Waals surface area contributed by atoms with Crippen molar-refractivity contribution in [2.75, 3.05) is 5.32 Å². The maximum atomic E-state index is 11.8. The number of hydrogen-bond donors (Lipinski definition) is 1. The van der Waals surface area contributed by atoms with E-state index < -0.39 is 0 Å². The molecule has 0 bridgehead atoms. The summed E-state index contributed by atoms with van der Waals surface area (Å²) in [5.41, 5.74) is 1.46. The molecule has 1 unspecified atom stereocenters. The number of hydrogen-bond acceptors (Lipinski definition) is 2. The second-order valence-corrected chi connectivity index (χ2v) is 4.68. The molecule has 0 spiro atoms. The van der Waals surface area contributed by atoms with E-state index in [0.717, 1.165) is 11.4 Å². The molecule has 1 aromatic rings. The Morgan fingerprint density at radius 1 is 1.38 bits per heavy atom. The van der Waals surface area contributed by atoms with Crippen molar-refractivity contribution in [2.45, 2.75) is 27.7 Å². The second kappa shape index (κ2) is 5.30. The minimum atomic E-state index is -0.0184. The molecule has 0 aliphatic rings. The van der Waals surface area contributed by atoms with E-state index in [1.54, 1.807) is 12.1 Å². The normalized spacial score (nSPS) is 12.6. The molecule has 3 nitrogen and oxygen atoms in total. The van der Waals surface area contributed by atoms with Crippen LogP contribution >= 0.6 is 11.6 Å². The summed E-state index contributed by atoms with van der Waals surface area (Å²) in [6.45, 7) is 7.79. The molecule has 1 rings (SSSR count). The predicted molar refractivity (Wildman–Crippen MR) is 66.6 cm³/mol. The fourth-order valence-corrected chi connectivity index (χ4v) is 1.40. The average Bonchev–Trinajstić information content (AvgIpc) is 2.20. The van der Waals surface area contributed by atoms with Crippen LogP contribution in [0.25, 0.3) is 0 Å². The van der Waals surface area contributed by atoms with E-state index in [1.165, 1.54) is 0 Å². The maximum absolute atomic E-state index is 11.8. The maximum Gasteiger partial charge on any atom is 0.227 e. The predicted octanol–water partition coefficient (Wildman–Crippen LogP) is 3.27. The molecule has 0 radical (unpaired) electrons. The number of amides is 1. The first kappa shape index (κ1) is 13.0. The van der Waals surface area contributed by atoms with Gasteiger partial charge in [0.15, 0.2) is 0 Å².